The van der Waals surface area contributed by atoms with Crippen LogP contribution in [0.4, 0.5) is 0 Å². The second-order valence-corrected chi connectivity index (χ2v) is 5.00. The summed E-state index contributed by atoms with van der Waals surface area (Å²) >= 11 is 0. The van der Waals surface area contributed by atoms with Gasteiger partial charge in [0.2, 0.25) is 0 Å². The third kappa shape index (κ3) is 2.96. The number of amides is 1. The summed E-state index contributed by atoms with van der Waals surface area (Å²) in [5, 5.41) is 16.8. The van der Waals surface area contributed by atoms with E-state index in [2.05, 4.69) is 10.4 Å². The summed E-state index contributed by atoms with van der Waals surface area (Å²) in [6.07, 6.45) is 2.06. The van der Waals surface area contributed by atoms with Crippen LogP contribution < -0.4 is 5.32 Å². The molecular formula is C13H21N3O3. The van der Waals surface area contributed by atoms with E-state index in [0.29, 0.717) is 31.7 Å². The van der Waals surface area contributed by atoms with Gasteiger partial charge >= 0.3 is 0 Å². The summed E-state index contributed by atoms with van der Waals surface area (Å²) in [6, 6.07) is 1.79. The van der Waals surface area contributed by atoms with Gasteiger partial charge in [-0.3, -0.25) is 9.48 Å². The zero-order valence-electron chi connectivity index (χ0n) is 11.5. The van der Waals surface area contributed by atoms with Gasteiger partial charge in [0.1, 0.15) is 5.69 Å². The van der Waals surface area contributed by atoms with Crippen LogP contribution in [-0.4, -0.2) is 46.2 Å². The Morgan fingerprint density at radius 2 is 2.26 bits per heavy atom. The van der Waals surface area contributed by atoms with E-state index in [9.17, 15) is 9.90 Å². The number of nitrogens with one attached hydrogen (secondary N) is 1. The Labute approximate surface area is 112 Å². The fourth-order valence-electron chi connectivity index (χ4n) is 2.30. The predicted octanol–water partition coefficient (Wildman–Crippen LogP) is 0.254. The third-order valence-electron chi connectivity index (χ3n) is 3.66. The number of aromatic nitrogens is 2. The lowest BCUT2D eigenvalue weighted by atomic mass is 9.91. The Morgan fingerprint density at radius 1 is 1.58 bits per heavy atom. The first-order chi connectivity index (χ1) is 9.10. The molecule has 2 rings (SSSR count). The number of hydrogen-bond donors (Lipinski definition) is 2. The summed E-state index contributed by atoms with van der Waals surface area (Å²) in [4.78, 5) is 12.3. The molecule has 1 aliphatic heterocycles. The number of carbonyl (C=O) groups excluding carboxylic acids is 1. The Bertz CT molecular complexity index is 450. The lowest BCUT2D eigenvalue weighted by molar-refractivity contribution is 0.0123. The molecule has 0 saturated carbocycles. The van der Waals surface area contributed by atoms with Gasteiger partial charge in [-0.05, 0) is 25.3 Å². The normalized spacial score (nSPS) is 18.3. The van der Waals surface area contributed by atoms with E-state index in [4.69, 9.17) is 4.74 Å². The zero-order valence-corrected chi connectivity index (χ0v) is 11.5. The summed E-state index contributed by atoms with van der Waals surface area (Å²) in [6.45, 7) is 3.05. The topological polar surface area (TPSA) is 76.4 Å². The van der Waals surface area contributed by atoms with E-state index in [-0.39, 0.29) is 12.5 Å². The highest BCUT2D eigenvalue weighted by molar-refractivity contribution is 5.93. The van der Waals surface area contributed by atoms with Crippen molar-refractivity contribution >= 4 is 5.91 Å². The number of aryl methyl sites for hydroxylation is 2. The Morgan fingerprint density at radius 3 is 2.79 bits per heavy atom. The molecule has 106 valence electrons. The molecule has 0 atom stereocenters. The van der Waals surface area contributed by atoms with Gasteiger partial charge in [0.25, 0.3) is 5.91 Å². The van der Waals surface area contributed by atoms with E-state index in [1.165, 1.54) is 0 Å². The lowest BCUT2D eigenvalue weighted by Gasteiger charge is -2.36. The van der Waals surface area contributed by atoms with Gasteiger partial charge in [-0.1, -0.05) is 6.92 Å². The predicted molar refractivity (Wildman–Crippen MR) is 69.9 cm³/mol. The fraction of sp³-hybridized carbons (Fsp3) is 0.692. The van der Waals surface area contributed by atoms with Gasteiger partial charge in [-0.15, -0.1) is 0 Å². The second kappa shape index (κ2) is 5.71. The van der Waals surface area contributed by atoms with E-state index >= 15 is 0 Å². The van der Waals surface area contributed by atoms with Crippen molar-refractivity contribution in [2.45, 2.75) is 31.7 Å². The first kappa shape index (κ1) is 14.0. The van der Waals surface area contributed by atoms with E-state index in [1.807, 2.05) is 6.92 Å². The molecule has 0 spiro atoms. The van der Waals surface area contributed by atoms with Crippen LogP contribution in [0, 0.1) is 0 Å². The minimum atomic E-state index is -0.564. The molecule has 0 radical (unpaired) electrons. The molecule has 19 heavy (non-hydrogen) atoms. The van der Waals surface area contributed by atoms with E-state index in [0.717, 1.165) is 12.1 Å². The average molecular weight is 267 g/mol. The first-order valence-electron chi connectivity index (χ1n) is 6.64. The largest absolute Gasteiger partial charge is 0.394 e. The van der Waals surface area contributed by atoms with Crippen LogP contribution in [-0.2, 0) is 18.2 Å². The first-order valence-corrected chi connectivity index (χ1v) is 6.64. The van der Waals surface area contributed by atoms with Crippen molar-refractivity contribution in [3.05, 3.63) is 17.5 Å². The number of aliphatic hydroxyl groups excluding tert-OH is 1. The maximum atomic E-state index is 12.3. The fourth-order valence-corrected chi connectivity index (χ4v) is 2.30. The highest BCUT2D eigenvalue weighted by Crippen LogP contribution is 2.20. The van der Waals surface area contributed by atoms with Crippen molar-refractivity contribution in [1.29, 1.82) is 0 Å². The molecule has 0 aliphatic carbocycles. The molecule has 1 aliphatic rings. The van der Waals surface area contributed by atoms with E-state index in [1.54, 1.807) is 17.8 Å². The average Bonchev–Trinajstić information content (AvgIpc) is 2.81. The maximum Gasteiger partial charge on any atom is 0.270 e. The molecule has 1 aromatic rings. The smallest absolute Gasteiger partial charge is 0.270 e. The molecule has 1 amide bonds. The van der Waals surface area contributed by atoms with Gasteiger partial charge < -0.3 is 15.2 Å². The molecule has 1 aromatic heterocycles. The summed E-state index contributed by atoms with van der Waals surface area (Å²) in [5.41, 5.74) is 0.847. The molecule has 1 saturated heterocycles. The molecule has 0 unspecified atom stereocenters. The van der Waals surface area contributed by atoms with Crippen LogP contribution >= 0.6 is 0 Å². The molecule has 6 heteroatoms. The SMILES string of the molecule is CCc1cc(C(=O)NC2(CO)CCOCC2)n(C)n1. The van der Waals surface area contributed by atoms with Crippen LogP contribution in [0.2, 0.25) is 0 Å². The summed E-state index contributed by atoms with van der Waals surface area (Å²) < 4.78 is 6.86. The van der Waals surface area contributed by atoms with Crippen LogP contribution in [0.1, 0.15) is 35.9 Å². The van der Waals surface area contributed by atoms with Crippen molar-refractivity contribution in [3.63, 3.8) is 0 Å². The number of ether oxygens (including phenoxy) is 1. The summed E-state index contributed by atoms with van der Waals surface area (Å²) in [5.74, 6) is -0.189. The Hall–Kier alpha value is -1.40. The lowest BCUT2D eigenvalue weighted by Crippen LogP contribution is -2.54. The zero-order chi connectivity index (χ0) is 13.9. The highest BCUT2D eigenvalue weighted by Gasteiger charge is 2.34. The quantitative estimate of drug-likeness (QED) is 0.820. The third-order valence-corrected chi connectivity index (χ3v) is 3.66. The van der Waals surface area contributed by atoms with Crippen LogP contribution in [0.15, 0.2) is 6.07 Å². The standard InChI is InChI=1S/C13H21N3O3/c1-3-10-8-11(16(2)15-10)12(18)14-13(9-17)4-6-19-7-5-13/h8,17H,3-7,9H2,1-2H3,(H,14,18). The van der Waals surface area contributed by atoms with Gasteiger partial charge in [-0.2, -0.15) is 5.10 Å². The number of carbonyl (C=O) groups is 1. The molecule has 0 aromatic carbocycles. The second-order valence-electron chi connectivity index (χ2n) is 5.00. The van der Waals surface area contributed by atoms with Crippen LogP contribution in [0.3, 0.4) is 0 Å². The maximum absolute atomic E-state index is 12.3. The Kier molecular flexibility index (Phi) is 4.21. The molecular weight excluding hydrogens is 246 g/mol. The van der Waals surface area contributed by atoms with Gasteiger partial charge in [-0.25, -0.2) is 0 Å². The minimum absolute atomic E-state index is 0.0689. The van der Waals surface area contributed by atoms with Crippen molar-refractivity contribution in [1.82, 2.24) is 15.1 Å². The van der Waals surface area contributed by atoms with Crippen molar-refractivity contribution < 1.29 is 14.6 Å². The number of nitrogens with zero attached hydrogens (tertiary/aromatic N) is 2. The molecule has 2 heterocycles. The van der Waals surface area contributed by atoms with Gasteiger partial charge in [0.05, 0.1) is 17.8 Å². The number of hydrogen-bond acceptors (Lipinski definition) is 4. The van der Waals surface area contributed by atoms with Gasteiger partial charge in [0, 0.05) is 20.3 Å². The monoisotopic (exact) mass is 267 g/mol. The van der Waals surface area contributed by atoms with Crippen molar-refractivity contribution in [3.8, 4) is 0 Å². The number of rotatable bonds is 4. The molecule has 1 fully saturated rings. The van der Waals surface area contributed by atoms with E-state index < -0.39 is 5.54 Å². The summed E-state index contributed by atoms with van der Waals surface area (Å²) in [7, 11) is 1.75. The van der Waals surface area contributed by atoms with Crippen LogP contribution in [0.5, 0.6) is 0 Å². The highest BCUT2D eigenvalue weighted by atomic mass is 16.5. The van der Waals surface area contributed by atoms with Crippen LogP contribution in [0.25, 0.3) is 0 Å². The van der Waals surface area contributed by atoms with Gasteiger partial charge in [0.15, 0.2) is 0 Å². The number of aliphatic hydroxyl groups is 1. The van der Waals surface area contributed by atoms with Crippen molar-refractivity contribution in [2.75, 3.05) is 19.8 Å². The molecule has 2 N–H and O–H groups in total. The van der Waals surface area contributed by atoms with Crippen molar-refractivity contribution in [2.24, 2.45) is 7.05 Å². The Balaban J connectivity index is 2.12. The molecule has 6 nitrogen and oxygen atoms in total. The molecule has 0 bridgehead atoms. The minimum Gasteiger partial charge on any atom is -0.394 e.